The molecular weight excluding hydrogens is 550 g/mol. The van der Waals surface area contributed by atoms with Crippen LogP contribution in [0.15, 0.2) is 52.4 Å². The number of anilines is 3. The van der Waals surface area contributed by atoms with E-state index in [0.717, 1.165) is 48.7 Å². The number of nitrogens with zero attached hydrogens (tertiary/aromatic N) is 2. The summed E-state index contributed by atoms with van der Waals surface area (Å²) < 4.78 is 4.96. The molecule has 2 aromatic heterocycles. The van der Waals surface area contributed by atoms with Gasteiger partial charge in [-0.3, -0.25) is 24.1 Å². The number of hydrogen-bond donors (Lipinski definition) is 3. The third kappa shape index (κ3) is 8.18. The van der Waals surface area contributed by atoms with E-state index in [2.05, 4.69) is 21.1 Å². The molecule has 0 aliphatic heterocycles. The van der Waals surface area contributed by atoms with Gasteiger partial charge in [-0.05, 0) is 55.5 Å². The highest BCUT2D eigenvalue weighted by Crippen LogP contribution is 2.33. The van der Waals surface area contributed by atoms with Crippen molar-refractivity contribution >= 4 is 63.9 Å². The summed E-state index contributed by atoms with van der Waals surface area (Å²) in [7, 11) is 0. The highest BCUT2D eigenvalue weighted by molar-refractivity contribution is 8.00. The zero-order valence-corrected chi connectivity index (χ0v) is 24.1. The second-order valence-corrected chi connectivity index (χ2v) is 11.6. The first-order chi connectivity index (χ1) is 19.3. The number of benzene rings is 1. The van der Waals surface area contributed by atoms with Crippen molar-refractivity contribution in [2.24, 2.45) is 0 Å². The van der Waals surface area contributed by atoms with Crippen molar-refractivity contribution < 1.29 is 23.7 Å². The van der Waals surface area contributed by atoms with Gasteiger partial charge in [-0.2, -0.15) is 0 Å². The lowest BCUT2D eigenvalue weighted by molar-refractivity contribution is -0.126. The minimum atomic E-state index is -0.881. The van der Waals surface area contributed by atoms with E-state index in [0.29, 0.717) is 23.0 Å². The van der Waals surface area contributed by atoms with E-state index in [-0.39, 0.29) is 41.2 Å². The number of amides is 4. The van der Waals surface area contributed by atoms with Gasteiger partial charge in [-0.1, -0.05) is 30.5 Å². The van der Waals surface area contributed by atoms with Gasteiger partial charge in [0.15, 0.2) is 5.82 Å². The fraction of sp³-hybridized carbons (Fsp3) is 0.393. The molecule has 10 nitrogen and oxygen atoms in total. The lowest BCUT2D eigenvalue weighted by Gasteiger charge is -2.33. The van der Waals surface area contributed by atoms with Crippen LogP contribution in [0, 0.1) is 6.92 Å². The smallest absolute Gasteiger partial charge is 0.248 e. The average Bonchev–Trinajstić information content (AvgIpc) is 3.60. The van der Waals surface area contributed by atoms with Gasteiger partial charge in [-0.15, -0.1) is 23.1 Å². The van der Waals surface area contributed by atoms with Crippen LogP contribution in [0.25, 0.3) is 0 Å². The molecule has 3 aromatic rings. The largest absolute Gasteiger partial charge is 0.360 e. The van der Waals surface area contributed by atoms with Gasteiger partial charge in [0.2, 0.25) is 23.6 Å². The van der Waals surface area contributed by atoms with Gasteiger partial charge in [0.05, 0.1) is 11.5 Å². The Balaban J connectivity index is 1.54. The predicted molar refractivity (Wildman–Crippen MR) is 158 cm³/mol. The Labute approximate surface area is 241 Å². The third-order valence-electron chi connectivity index (χ3n) is 6.36. The van der Waals surface area contributed by atoms with Crippen LogP contribution in [-0.4, -0.2) is 46.3 Å². The maximum atomic E-state index is 13.8. The van der Waals surface area contributed by atoms with Crippen molar-refractivity contribution in [1.82, 2.24) is 10.5 Å². The van der Waals surface area contributed by atoms with Crippen LogP contribution in [0.3, 0.4) is 0 Å². The minimum Gasteiger partial charge on any atom is -0.360 e. The molecule has 212 valence electrons. The summed E-state index contributed by atoms with van der Waals surface area (Å²) in [6, 6.07) is 11.3. The fourth-order valence-corrected chi connectivity index (χ4v) is 6.08. The molecule has 1 saturated carbocycles. The van der Waals surface area contributed by atoms with Gasteiger partial charge >= 0.3 is 0 Å². The van der Waals surface area contributed by atoms with E-state index < -0.39 is 6.04 Å². The molecule has 4 rings (SSSR count). The van der Waals surface area contributed by atoms with Crippen molar-refractivity contribution in [1.29, 1.82) is 0 Å². The number of thioether (sulfide) groups is 1. The molecule has 0 unspecified atom stereocenters. The topological polar surface area (TPSA) is 134 Å². The van der Waals surface area contributed by atoms with Crippen LogP contribution < -0.4 is 20.9 Å². The normalized spacial score (nSPS) is 14.2. The van der Waals surface area contributed by atoms with E-state index in [9.17, 15) is 19.2 Å². The molecule has 1 aromatic carbocycles. The van der Waals surface area contributed by atoms with Crippen molar-refractivity contribution in [3.8, 4) is 0 Å². The van der Waals surface area contributed by atoms with E-state index >= 15 is 0 Å². The van der Waals surface area contributed by atoms with Gasteiger partial charge in [0, 0.05) is 35.3 Å². The van der Waals surface area contributed by atoms with E-state index in [1.807, 2.05) is 17.5 Å². The van der Waals surface area contributed by atoms with Crippen molar-refractivity contribution in [2.75, 3.05) is 27.0 Å². The number of hydrogen-bond acceptors (Lipinski definition) is 8. The quantitative estimate of drug-likeness (QED) is 0.292. The van der Waals surface area contributed by atoms with E-state index in [1.165, 1.54) is 23.2 Å². The van der Waals surface area contributed by atoms with E-state index in [1.54, 1.807) is 37.3 Å². The van der Waals surface area contributed by atoms with Gasteiger partial charge in [-0.25, -0.2) is 0 Å². The summed E-state index contributed by atoms with van der Waals surface area (Å²) in [5.74, 6) is -0.210. The molecule has 40 heavy (non-hydrogen) atoms. The number of thiophene rings is 1. The second kappa shape index (κ2) is 14.1. The molecule has 2 heterocycles. The lowest BCUT2D eigenvalue weighted by Crippen LogP contribution is -2.47. The zero-order valence-electron chi connectivity index (χ0n) is 22.5. The summed E-state index contributed by atoms with van der Waals surface area (Å²) in [6.07, 6.45) is 5.12. The molecule has 3 N–H and O–H groups in total. The van der Waals surface area contributed by atoms with E-state index in [4.69, 9.17) is 4.52 Å². The number of rotatable bonds is 11. The summed E-state index contributed by atoms with van der Waals surface area (Å²) in [5.41, 5.74) is 1.09. The average molecular weight is 584 g/mol. The Morgan fingerprint density at radius 2 is 1.82 bits per heavy atom. The Hall–Kier alpha value is -3.64. The molecule has 0 bridgehead atoms. The summed E-state index contributed by atoms with van der Waals surface area (Å²) in [6.45, 7) is 3.14. The molecular formula is C28H33N5O5S2. The van der Waals surface area contributed by atoms with Crippen molar-refractivity contribution in [3.63, 3.8) is 0 Å². The van der Waals surface area contributed by atoms with Gasteiger partial charge < -0.3 is 20.5 Å². The van der Waals surface area contributed by atoms with Gasteiger partial charge in [0.1, 0.15) is 11.8 Å². The Kier molecular flexibility index (Phi) is 10.4. The molecule has 0 spiro atoms. The molecule has 0 radical (unpaired) electrons. The standard InChI is InChI=1S/C28H33N5O5S2/c1-18-15-24(32-38-18)31-25(35)16-39-17-26(36)33(22-12-10-21(11-13-22)29-19(2)34)27(23-9-6-14-40-23)28(37)30-20-7-4-3-5-8-20/h6,9-15,20,27H,3-5,7-8,16-17H2,1-2H3,(H,29,34)(H,30,37)(H,31,32,35)/t27-/m0/s1. The van der Waals surface area contributed by atoms with Crippen molar-refractivity contribution in [3.05, 3.63) is 58.5 Å². The van der Waals surface area contributed by atoms with Crippen LogP contribution >= 0.6 is 23.1 Å². The van der Waals surface area contributed by atoms with Gasteiger partial charge in [0.25, 0.3) is 0 Å². The maximum absolute atomic E-state index is 13.8. The monoisotopic (exact) mass is 583 g/mol. The highest BCUT2D eigenvalue weighted by Gasteiger charge is 2.34. The van der Waals surface area contributed by atoms with Crippen LogP contribution in [-0.2, 0) is 19.2 Å². The molecule has 12 heteroatoms. The molecule has 4 amide bonds. The second-order valence-electron chi connectivity index (χ2n) is 9.62. The molecule has 1 fully saturated rings. The Morgan fingerprint density at radius 1 is 1.07 bits per heavy atom. The molecule has 1 aliphatic carbocycles. The summed E-state index contributed by atoms with van der Waals surface area (Å²) in [4.78, 5) is 53.7. The Morgan fingerprint density at radius 3 is 2.45 bits per heavy atom. The van der Waals surface area contributed by atoms with Crippen LogP contribution in [0.5, 0.6) is 0 Å². The first-order valence-electron chi connectivity index (χ1n) is 13.1. The van der Waals surface area contributed by atoms with Crippen LogP contribution in [0.2, 0.25) is 0 Å². The maximum Gasteiger partial charge on any atom is 0.248 e. The minimum absolute atomic E-state index is 0.0187. The fourth-order valence-electron chi connectivity index (χ4n) is 4.60. The molecule has 1 aliphatic rings. The number of nitrogens with one attached hydrogen (secondary N) is 3. The number of carbonyl (C=O) groups excluding carboxylic acids is 4. The molecule has 1 atom stereocenters. The zero-order chi connectivity index (χ0) is 28.5. The summed E-state index contributed by atoms with van der Waals surface area (Å²) >= 11 is 2.55. The third-order valence-corrected chi connectivity index (χ3v) is 8.20. The SMILES string of the molecule is CC(=O)Nc1ccc(N(C(=O)CSCC(=O)Nc2cc(C)on2)[C@H](C(=O)NC2CCCCC2)c2cccs2)cc1. The predicted octanol–water partition coefficient (Wildman–Crippen LogP) is 4.90. The first kappa shape index (κ1) is 29.3. The highest BCUT2D eigenvalue weighted by atomic mass is 32.2. The number of carbonyl (C=O) groups is 4. The number of aryl methyl sites for hydroxylation is 1. The molecule has 0 saturated heterocycles. The summed E-state index contributed by atoms with van der Waals surface area (Å²) in [5, 5.41) is 14.2. The Bertz CT molecular complexity index is 1300. The lowest BCUT2D eigenvalue weighted by atomic mass is 9.95. The number of aromatic nitrogens is 1. The van der Waals surface area contributed by atoms with Crippen LogP contribution in [0.4, 0.5) is 17.2 Å². The van der Waals surface area contributed by atoms with Crippen LogP contribution in [0.1, 0.15) is 55.7 Å². The van der Waals surface area contributed by atoms with Crippen molar-refractivity contribution in [2.45, 2.75) is 58.0 Å². The first-order valence-corrected chi connectivity index (χ1v) is 15.2.